The Morgan fingerprint density at radius 3 is 2.86 bits per heavy atom. The number of hydrogen-bond donors (Lipinski definition) is 2. The fourth-order valence-corrected chi connectivity index (χ4v) is 6.17. The normalized spacial score (nSPS) is 38.3. The Labute approximate surface area is 164 Å². The minimum absolute atomic E-state index is 0.0442. The Balaban J connectivity index is 1.19. The zero-order chi connectivity index (χ0) is 19.3. The Kier molecular flexibility index (Phi) is 4.20. The number of amides is 1. The first-order chi connectivity index (χ1) is 13.5. The Hall–Kier alpha value is -2.33. The van der Waals surface area contributed by atoms with Gasteiger partial charge in [0.2, 0.25) is 0 Å². The first-order valence-electron chi connectivity index (χ1n) is 10.3. The minimum atomic E-state index is -0.511. The molecule has 5 fully saturated rings. The average Bonchev–Trinajstić information content (AvgIpc) is 3.12. The van der Waals surface area contributed by atoms with E-state index < -0.39 is 5.60 Å². The van der Waals surface area contributed by atoms with Crippen molar-refractivity contribution in [3.8, 4) is 6.07 Å². The van der Waals surface area contributed by atoms with Crippen LogP contribution in [0.5, 0.6) is 0 Å². The lowest BCUT2D eigenvalue weighted by molar-refractivity contribution is -0.177. The SMILES string of the molecule is N#Cc1cccnc1NC1CCN(C(=O)OC2[C@@H]3CC4C[C@@H]2CC(O)(C4)C3)C1. The van der Waals surface area contributed by atoms with Gasteiger partial charge in [-0.3, -0.25) is 0 Å². The molecule has 2 heterocycles. The molecule has 1 unspecified atom stereocenters. The van der Waals surface area contributed by atoms with Crippen LogP contribution in [-0.2, 0) is 4.74 Å². The number of ether oxygens (including phenoxy) is 1. The molecular weight excluding hydrogens is 356 g/mol. The molecule has 7 heteroatoms. The molecule has 0 radical (unpaired) electrons. The summed E-state index contributed by atoms with van der Waals surface area (Å²) in [5.41, 5.74) is -0.00140. The summed E-state index contributed by atoms with van der Waals surface area (Å²) < 4.78 is 5.98. The third-order valence-electron chi connectivity index (χ3n) is 7.11. The van der Waals surface area contributed by atoms with E-state index in [4.69, 9.17) is 4.74 Å². The number of carbonyl (C=O) groups is 1. The summed E-state index contributed by atoms with van der Waals surface area (Å²) in [5, 5.41) is 23.2. The van der Waals surface area contributed by atoms with Crippen LogP contribution in [0.3, 0.4) is 0 Å². The third kappa shape index (κ3) is 3.10. The van der Waals surface area contributed by atoms with E-state index in [1.54, 1.807) is 23.2 Å². The van der Waals surface area contributed by atoms with Crippen molar-refractivity contribution in [2.75, 3.05) is 18.4 Å². The number of nitriles is 1. The lowest BCUT2D eigenvalue weighted by Gasteiger charge is -2.57. The summed E-state index contributed by atoms with van der Waals surface area (Å²) in [5.74, 6) is 1.79. The highest BCUT2D eigenvalue weighted by molar-refractivity contribution is 5.68. The largest absolute Gasteiger partial charge is 0.446 e. The van der Waals surface area contributed by atoms with Gasteiger partial charge in [-0.15, -0.1) is 0 Å². The second kappa shape index (κ2) is 6.63. The number of aliphatic hydroxyl groups is 1. The number of anilines is 1. The molecule has 1 aromatic rings. The topological polar surface area (TPSA) is 98.5 Å². The number of nitrogens with one attached hydrogen (secondary N) is 1. The monoisotopic (exact) mass is 382 g/mol. The molecule has 1 aromatic heterocycles. The van der Waals surface area contributed by atoms with E-state index in [0.717, 1.165) is 38.5 Å². The molecule has 3 atom stereocenters. The summed E-state index contributed by atoms with van der Waals surface area (Å²) in [4.78, 5) is 18.8. The highest BCUT2D eigenvalue weighted by atomic mass is 16.6. The van der Waals surface area contributed by atoms with Crippen LogP contribution in [0.25, 0.3) is 0 Å². The van der Waals surface area contributed by atoms with Gasteiger partial charge in [0, 0.05) is 25.3 Å². The van der Waals surface area contributed by atoms with E-state index in [2.05, 4.69) is 16.4 Å². The average molecular weight is 382 g/mol. The second-order valence-electron chi connectivity index (χ2n) is 9.13. The maximum Gasteiger partial charge on any atom is 0.410 e. The van der Waals surface area contributed by atoms with Crippen LogP contribution >= 0.6 is 0 Å². The molecule has 6 rings (SSSR count). The summed E-state index contributed by atoms with van der Waals surface area (Å²) in [6.07, 6.45) is 6.82. The van der Waals surface area contributed by atoms with Gasteiger partial charge in [-0.1, -0.05) is 0 Å². The van der Waals surface area contributed by atoms with Gasteiger partial charge in [-0.2, -0.15) is 5.26 Å². The summed E-state index contributed by atoms with van der Waals surface area (Å²) in [6.45, 7) is 1.19. The van der Waals surface area contributed by atoms with Crippen molar-refractivity contribution in [1.29, 1.82) is 5.26 Å². The van der Waals surface area contributed by atoms with Crippen LogP contribution in [0.2, 0.25) is 0 Å². The van der Waals surface area contributed by atoms with Gasteiger partial charge in [0.25, 0.3) is 0 Å². The molecule has 1 saturated heterocycles. The van der Waals surface area contributed by atoms with Crippen molar-refractivity contribution in [2.45, 2.75) is 56.3 Å². The molecule has 4 bridgehead atoms. The predicted octanol–water partition coefficient (Wildman–Crippen LogP) is 2.52. The maximum absolute atomic E-state index is 12.8. The van der Waals surface area contributed by atoms with E-state index in [-0.39, 0.29) is 18.2 Å². The van der Waals surface area contributed by atoms with Crippen molar-refractivity contribution in [1.82, 2.24) is 9.88 Å². The van der Waals surface area contributed by atoms with Gasteiger partial charge in [0.15, 0.2) is 0 Å². The van der Waals surface area contributed by atoms with E-state index in [1.165, 1.54) is 0 Å². The van der Waals surface area contributed by atoms with Gasteiger partial charge in [-0.05, 0) is 68.4 Å². The van der Waals surface area contributed by atoms with Crippen molar-refractivity contribution >= 4 is 11.9 Å². The van der Waals surface area contributed by atoms with Crippen LogP contribution in [-0.4, -0.2) is 51.9 Å². The fourth-order valence-electron chi connectivity index (χ4n) is 6.17. The van der Waals surface area contributed by atoms with Gasteiger partial charge < -0.3 is 20.1 Å². The molecule has 28 heavy (non-hydrogen) atoms. The second-order valence-corrected chi connectivity index (χ2v) is 9.13. The molecule has 5 aliphatic rings. The molecule has 1 amide bonds. The molecule has 0 spiro atoms. The fraction of sp³-hybridized carbons (Fsp3) is 0.667. The maximum atomic E-state index is 12.8. The Morgan fingerprint density at radius 2 is 2.14 bits per heavy atom. The minimum Gasteiger partial charge on any atom is -0.446 e. The zero-order valence-electron chi connectivity index (χ0n) is 15.9. The summed E-state index contributed by atoms with van der Waals surface area (Å²) in [6, 6.07) is 5.68. The van der Waals surface area contributed by atoms with Crippen LogP contribution in [0, 0.1) is 29.1 Å². The number of hydrogen-bond acceptors (Lipinski definition) is 6. The quantitative estimate of drug-likeness (QED) is 0.833. The lowest BCUT2D eigenvalue weighted by atomic mass is 9.53. The van der Waals surface area contributed by atoms with Gasteiger partial charge in [-0.25, -0.2) is 9.78 Å². The predicted molar refractivity (Wildman–Crippen MR) is 101 cm³/mol. The summed E-state index contributed by atoms with van der Waals surface area (Å²) in [7, 11) is 0. The standard InChI is InChI=1S/C21H26N4O3/c22-11-14-2-1-4-23-19(14)24-17-3-5-25(12-17)20(26)28-18-15-6-13-7-16(18)10-21(27,8-13)9-15/h1-2,4,13,15-18,27H,3,5-10,12H2,(H,23,24)/t13?,15-,16-,17?,18?,21?/m1/s1. The number of carbonyl (C=O) groups excluding carboxylic acids is 1. The first-order valence-corrected chi connectivity index (χ1v) is 10.3. The molecule has 4 aliphatic carbocycles. The molecule has 0 aromatic carbocycles. The highest BCUT2D eigenvalue weighted by Gasteiger charge is 2.56. The molecular formula is C21H26N4O3. The lowest BCUT2D eigenvalue weighted by Crippen LogP contribution is -2.58. The molecule has 7 nitrogen and oxygen atoms in total. The van der Waals surface area contributed by atoms with E-state index >= 15 is 0 Å². The Bertz CT molecular complexity index is 806. The number of rotatable bonds is 3. The number of nitrogens with zero attached hydrogens (tertiary/aromatic N) is 3. The first kappa shape index (κ1) is 17.7. The van der Waals surface area contributed by atoms with E-state index in [1.807, 2.05) is 0 Å². The van der Waals surface area contributed by atoms with E-state index in [0.29, 0.717) is 42.2 Å². The number of pyridine rings is 1. The van der Waals surface area contributed by atoms with Gasteiger partial charge in [0.1, 0.15) is 18.0 Å². The zero-order valence-corrected chi connectivity index (χ0v) is 15.9. The van der Waals surface area contributed by atoms with Crippen molar-refractivity contribution in [2.24, 2.45) is 17.8 Å². The van der Waals surface area contributed by atoms with Crippen LogP contribution in [0.15, 0.2) is 18.3 Å². The number of likely N-dealkylation sites (tertiary alicyclic amines) is 1. The van der Waals surface area contributed by atoms with Crippen LogP contribution < -0.4 is 5.32 Å². The Morgan fingerprint density at radius 1 is 1.36 bits per heavy atom. The molecule has 4 saturated carbocycles. The van der Waals surface area contributed by atoms with Crippen molar-refractivity contribution in [3.05, 3.63) is 23.9 Å². The van der Waals surface area contributed by atoms with Crippen molar-refractivity contribution in [3.63, 3.8) is 0 Å². The number of aromatic nitrogens is 1. The van der Waals surface area contributed by atoms with Crippen molar-refractivity contribution < 1.29 is 14.6 Å². The van der Waals surface area contributed by atoms with Gasteiger partial charge in [0.05, 0.1) is 11.2 Å². The van der Waals surface area contributed by atoms with Gasteiger partial charge >= 0.3 is 6.09 Å². The smallest absolute Gasteiger partial charge is 0.410 e. The third-order valence-corrected chi connectivity index (χ3v) is 7.11. The molecule has 1 aliphatic heterocycles. The van der Waals surface area contributed by atoms with E-state index in [9.17, 15) is 15.2 Å². The highest BCUT2D eigenvalue weighted by Crippen LogP contribution is 2.56. The summed E-state index contributed by atoms with van der Waals surface area (Å²) >= 11 is 0. The molecule has 148 valence electrons. The molecule has 2 N–H and O–H groups in total. The van der Waals surface area contributed by atoms with Crippen LogP contribution in [0.4, 0.5) is 10.6 Å². The van der Waals surface area contributed by atoms with Crippen LogP contribution in [0.1, 0.15) is 44.1 Å².